The molecule has 0 saturated heterocycles. The van der Waals surface area contributed by atoms with Crippen LogP contribution in [0.4, 0.5) is 0 Å². The Bertz CT molecular complexity index is 774. The van der Waals surface area contributed by atoms with E-state index in [4.69, 9.17) is 16.3 Å². The normalized spacial score (nSPS) is 18.0. The average Bonchev–Trinajstić information content (AvgIpc) is 2.84. The minimum absolute atomic E-state index is 0.110. The molecule has 124 valence electrons. The van der Waals surface area contributed by atoms with Gasteiger partial charge in [-0.25, -0.2) is 4.79 Å². The monoisotopic (exact) mass is 358 g/mol. The molecule has 2 aromatic rings. The average molecular weight is 359 g/mol. The number of rotatable bonds is 3. The molecule has 0 saturated carbocycles. The van der Waals surface area contributed by atoms with E-state index < -0.39 is 12.1 Å². The summed E-state index contributed by atoms with van der Waals surface area (Å²) in [7, 11) is 0. The molecular weight excluding hydrogens is 340 g/mol. The number of hydrogen-bond donors (Lipinski definition) is 0. The quantitative estimate of drug-likeness (QED) is 0.646. The van der Waals surface area contributed by atoms with Crippen LogP contribution in [0, 0.1) is 0 Å². The van der Waals surface area contributed by atoms with Gasteiger partial charge < -0.3 is 4.74 Å². The second-order valence-corrected chi connectivity index (χ2v) is 8.24. The molecule has 0 aromatic heterocycles. The molecule has 0 radical (unpaired) electrons. The Hall–Kier alpha value is -1.71. The summed E-state index contributed by atoms with van der Waals surface area (Å²) < 4.78 is 5.46. The number of ether oxygens (including phenoxy) is 1. The third-order valence-corrected chi connectivity index (χ3v) is 5.52. The summed E-state index contributed by atoms with van der Waals surface area (Å²) in [5, 5.41) is 0.175. The highest BCUT2D eigenvalue weighted by atomic mass is 35.5. The summed E-state index contributed by atoms with van der Waals surface area (Å²) in [6.45, 7) is 6.55. The SMILES string of the molecule is CC(C)(C)c1ccc(SC2=C(Cl)C(=O)OC2c2ccccc2)cc1. The third-order valence-electron chi connectivity index (χ3n) is 3.91. The molecule has 0 fully saturated rings. The molecule has 0 spiro atoms. The van der Waals surface area contributed by atoms with Crippen molar-refractivity contribution in [3.63, 3.8) is 0 Å². The van der Waals surface area contributed by atoms with Gasteiger partial charge in [-0.2, -0.15) is 0 Å². The summed E-state index contributed by atoms with van der Waals surface area (Å²) in [6.07, 6.45) is -0.432. The zero-order chi connectivity index (χ0) is 17.3. The Morgan fingerprint density at radius 1 is 1.00 bits per heavy atom. The number of hydrogen-bond acceptors (Lipinski definition) is 3. The molecule has 1 aliphatic rings. The molecular formula is C20H19ClO2S. The van der Waals surface area contributed by atoms with Crippen LogP contribution in [0.3, 0.4) is 0 Å². The van der Waals surface area contributed by atoms with E-state index in [0.717, 1.165) is 15.4 Å². The Labute approximate surface area is 151 Å². The van der Waals surface area contributed by atoms with Gasteiger partial charge in [0.05, 0.1) is 4.91 Å². The highest BCUT2D eigenvalue weighted by molar-refractivity contribution is 8.03. The number of carbonyl (C=O) groups is 1. The lowest BCUT2D eigenvalue weighted by molar-refractivity contribution is -0.139. The van der Waals surface area contributed by atoms with E-state index >= 15 is 0 Å². The molecule has 3 rings (SSSR count). The first-order chi connectivity index (χ1) is 11.4. The second kappa shape index (κ2) is 6.66. The predicted octanol–water partition coefficient (Wildman–Crippen LogP) is 5.82. The molecule has 0 bridgehead atoms. The predicted molar refractivity (Wildman–Crippen MR) is 99.2 cm³/mol. The molecule has 1 unspecified atom stereocenters. The highest BCUT2D eigenvalue weighted by Gasteiger charge is 2.35. The van der Waals surface area contributed by atoms with Crippen molar-refractivity contribution in [1.82, 2.24) is 0 Å². The zero-order valence-corrected chi connectivity index (χ0v) is 15.4. The minimum Gasteiger partial charge on any atom is -0.448 e. The molecule has 1 atom stereocenters. The van der Waals surface area contributed by atoms with Crippen LogP contribution in [0.2, 0.25) is 0 Å². The van der Waals surface area contributed by atoms with Gasteiger partial charge in [-0.05, 0) is 28.7 Å². The summed E-state index contributed by atoms with van der Waals surface area (Å²) in [4.78, 5) is 13.7. The van der Waals surface area contributed by atoms with E-state index in [1.165, 1.54) is 17.3 Å². The van der Waals surface area contributed by atoms with Crippen LogP contribution < -0.4 is 0 Å². The molecule has 2 nitrogen and oxygen atoms in total. The van der Waals surface area contributed by atoms with E-state index in [0.29, 0.717) is 0 Å². The van der Waals surface area contributed by atoms with Gasteiger partial charge >= 0.3 is 5.97 Å². The minimum atomic E-state index is -0.459. The molecule has 1 aliphatic heterocycles. The number of carbonyl (C=O) groups excluding carboxylic acids is 1. The smallest absolute Gasteiger partial charge is 0.351 e. The molecule has 4 heteroatoms. The molecule has 24 heavy (non-hydrogen) atoms. The highest BCUT2D eigenvalue weighted by Crippen LogP contribution is 2.46. The first kappa shape index (κ1) is 17.1. The fraction of sp³-hybridized carbons (Fsp3) is 0.250. The van der Waals surface area contributed by atoms with Gasteiger partial charge in [0, 0.05) is 4.90 Å². The van der Waals surface area contributed by atoms with Crippen molar-refractivity contribution in [1.29, 1.82) is 0 Å². The van der Waals surface area contributed by atoms with Crippen molar-refractivity contribution in [2.45, 2.75) is 37.2 Å². The number of thioether (sulfide) groups is 1. The molecule has 0 aliphatic carbocycles. The van der Waals surface area contributed by atoms with E-state index in [2.05, 4.69) is 45.0 Å². The van der Waals surface area contributed by atoms with Crippen LogP contribution in [0.5, 0.6) is 0 Å². The van der Waals surface area contributed by atoms with Gasteiger partial charge in [-0.3, -0.25) is 0 Å². The molecule has 0 N–H and O–H groups in total. The van der Waals surface area contributed by atoms with Crippen molar-refractivity contribution in [3.05, 3.63) is 75.7 Å². The Kier molecular flexibility index (Phi) is 4.75. The second-order valence-electron chi connectivity index (χ2n) is 6.75. The Morgan fingerprint density at radius 3 is 2.21 bits per heavy atom. The lowest BCUT2D eigenvalue weighted by atomic mass is 9.87. The van der Waals surface area contributed by atoms with Gasteiger partial charge in [0.1, 0.15) is 5.03 Å². The van der Waals surface area contributed by atoms with Crippen molar-refractivity contribution >= 4 is 29.3 Å². The van der Waals surface area contributed by atoms with E-state index in [1.54, 1.807) is 0 Å². The standard InChI is InChI=1S/C20H19ClO2S/c1-20(2,3)14-9-11-15(12-10-14)24-18-16(21)19(22)23-17(18)13-7-5-4-6-8-13/h4-12,17H,1-3H3. The number of halogens is 1. The van der Waals surface area contributed by atoms with E-state index in [1.807, 2.05) is 30.3 Å². The molecule has 1 heterocycles. The Balaban J connectivity index is 1.88. The van der Waals surface area contributed by atoms with Crippen LogP contribution >= 0.6 is 23.4 Å². The Morgan fingerprint density at radius 2 is 1.62 bits per heavy atom. The lowest BCUT2D eigenvalue weighted by Gasteiger charge is -2.19. The van der Waals surface area contributed by atoms with Crippen LogP contribution in [0.1, 0.15) is 38.0 Å². The van der Waals surface area contributed by atoms with Gasteiger partial charge in [0.2, 0.25) is 0 Å². The van der Waals surface area contributed by atoms with Crippen LogP contribution in [-0.2, 0) is 14.9 Å². The summed E-state index contributed by atoms with van der Waals surface area (Å²) in [5.74, 6) is -0.459. The van der Waals surface area contributed by atoms with Crippen LogP contribution in [-0.4, -0.2) is 5.97 Å². The zero-order valence-electron chi connectivity index (χ0n) is 13.9. The van der Waals surface area contributed by atoms with E-state index in [9.17, 15) is 4.79 Å². The fourth-order valence-corrected chi connectivity index (χ4v) is 3.77. The summed E-state index contributed by atoms with van der Waals surface area (Å²) in [6, 6.07) is 18.0. The first-order valence-corrected chi connectivity index (χ1v) is 9.00. The number of cyclic esters (lactones) is 1. The van der Waals surface area contributed by atoms with E-state index in [-0.39, 0.29) is 10.4 Å². The van der Waals surface area contributed by atoms with Crippen molar-refractivity contribution in [3.8, 4) is 0 Å². The van der Waals surface area contributed by atoms with Crippen molar-refractivity contribution in [2.75, 3.05) is 0 Å². The maximum atomic E-state index is 11.9. The largest absolute Gasteiger partial charge is 0.448 e. The van der Waals surface area contributed by atoms with Gasteiger partial charge in [-0.1, -0.05) is 86.6 Å². The van der Waals surface area contributed by atoms with Crippen LogP contribution in [0.25, 0.3) is 0 Å². The number of benzene rings is 2. The molecule has 0 amide bonds. The van der Waals surface area contributed by atoms with Crippen molar-refractivity contribution < 1.29 is 9.53 Å². The lowest BCUT2D eigenvalue weighted by Crippen LogP contribution is -2.10. The number of esters is 1. The van der Waals surface area contributed by atoms with Crippen molar-refractivity contribution in [2.24, 2.45) is 0 Å². The maximum absolute atomic E-state index is 11.9. The summed E-state index contributed by atoms with van der Waals surface area (Å²) in [5.41, 5.74) is 2.31. The fourth-order valence-electron chi connectivity index (χ4n) is 2.52. The molecule has 2 aromatic carbocycles. The maximum Gasteiger partial charge on any atom is 0.351 e. The van der Waals surface area contributed by atoms with Gasteiger partial charge in [0.25, 0.3) is 0 Å². The third kappa shape index (κ3) is 3.52. The topological polar surface area (TPSA) is 26.3 Å². The van der Waals surface area contributed by atoms with Gasteiger partial charge in [-0.15, -0.1) is 0 Å². The summed E-state index contributed by atoms with van der Waals surface area (Å²) >= 11 is 7.70. The van der Waals surface area contributed by atoms with Crippen LogP contribution in [0.15, 0.2) is 69.4 Å². The van der Waals surface area contributed by atoms with Gasteiger partial charge in [0.15, 0.2) is 6.10 Å². The first-order valence-electron chi connectivity index (χ1n) is 7.80.